The van der Waals surface area contributed by atoms with Crippen molar-refractivity contribution in [2.24, 2.45) is 0 Å². The minimum absolute atomic E-state index is 0.117. The summed E-state index contributed by atoms with van der Waals surface area (Å²) in [6, 6.07) is 1.66. The van der Waals surface area contributed by atoms with Crippen LogP contribution in [-0.4, -0.2) is 30.6 Å². The van der Waals surface area contributed by atoms with Gasteiger partial charge >= 0.3 is 5.69 Å². The number of amides is 1. The van der Waals surface area contributed by atoms with Gasteiger partial charge in [-0.05, 0) is 32.3 Å². The molecule has 1 saturated carbocycles. The Bertz CT molecular complexity index is 1210. The summed E-state index contributed by atoms with van der Waals surface area (Å²) >= 11 is 1.34. The number of aromatic amines is 1. The predicted molar refractivity (Wildman–Crippen MR) is 115 cm³/mol. The largest absolute Gasteiger partial charge is 0.329 e. The van der Waals surface area contributed by atoms with E-state index in [1.54, 1.807) is 13.0 Å². The number of hydrogen-bond acceptors (Lipinski definition) is 7. The number of carbonyl (C=O) groups excluding carboxylic acids is 1. The van der Waals surface area contributed by atoms with Gasteiger partial charge in [0, 0.05) is 24.6 Å². The van der Waals surface area contributed by atoms with E-state index < -0.39 is 17.2 Å². The first-order valence-corrected chi connectivity index (χ1v) is 11.1. The van der Waals surface area contributed by atoms with E-state index in [4.69, 9.17) is 0 Å². The molecule has 2 N–H and O–H groups in total. The summed E-state index contributed by atoms with van der Waals surface area (Å²) in [6.45, 7) is 4.28. The lowest BCUT2D eigenvalue weighted by Crippen LogP contribution is -2.32. The van der Waals surface area contributed by atoms with Crippen molar-refractivity contribution >= 4 is 33.4 Å². The van der Waals surface area contributed by atoms with E-state index in [-0.39, 0.29) is 22.5 Å². The average Bonchev–Trinajstić information content (AvgIpc) is 3.48. The zero-order valence-corrected chi connectivity index (χ0v) is 17.8. The molecule has 3 aromatic heterocycles. The molecule has 0 atom stereocenters. The highest BCUT2D eigenvalue weighted by molar-refractivity contribution is 7.15. The minimum atomic E-state index is -0.614. The highest BCUT2D eigenvalue weighted by atomic mass is 32.1. The molecular weight excluding hydrogens is 404 g/mol. The summed E-state index contributed by atoms with van der Waals surface area (Å²) in [4.78, 5) is 44.7. The van der Waals surface area contributed by atoms with Crippen molar-refractivity contribution in [2.45, 2.75) is 64.8 Å². The van der Waals surface area contributed by atoms with Crippen molar-refractivity contribution in [1.82, 2.24) is 24.7 Å². The van der Waals surface area contributed by atoms with Crippen molar-refractivity contribution in [3.8, 4) is 0 Å². The number of rotatable bonds is 8. The quantitative estimate of drug-likeness (QED) is 0.532. The van der Waals surface area contributed by atoms with Crippen LogP contribution in [0.1, 0.15) is 72.9 Å². The monoisotopic (exact) mass is 428 g/mol. The van der Waals surface area contributed by atoms with Crippen LogP contribution in [0.2, 0.25) is 0 Å². The molecule has 0 bridgehead atoms. The van der Waals surface area contributed by atoms with E-state index in [1.807, 2.05) is 0 Å². The lowest BCUT2D eigenvalue weighted by atomic mass is 10.1. The molecule has 1 amide bonds. The van der Waals surface area contributed by atoms with Gasteiger partial charge in [0.1, 0.15) is 5.01 Å². The third-order valence-corrected chi connectivity index (χ3v) is 6.10. The Balaban J connectivity index is 1.71. The molecule has 9 nitrogen and oxygen atoms in total. The molecule has 1 aliphatic carbocycles. The second kappa shape index (κ2) is 8.47. The molecule has 10 heteroatoms. The minimum Gasteiger partial charge on any atom is -0.296 e. The number of anilines is 1. The van der Waals surface area contributed by atoms with Crippen LogP contribution in [0.5, 0.6) is 0 Å². The van der Waals surface area contributed by atoms with Gasteiger partial charge in [0.05, 0.1) is 10.9 Å². The van der Waals surface area contributed by atoms with Crippen LogP contribution in [0.25, 0.3) is 11.0 Å². The highest BCUT2D eigenvalue weighted by Crippen LogP contribution is 2.40. The fourth-order valence-corrected chi connectivity index (χ4v) is 4.23. The van der Waals surface area contributed by atoms with Crippen LogP contribution in [0.15, 0.2) is 15.7 Å². The predicted octanol–water partition coefficient (Wildman–Crippen LogP) is 2.82. The fraction of sp³-hybridized carbons (Fsp3) is 0.500. The Kier molecular flexibility index (Phi) is 5.76. The molecule has 1 aliphatic rings. The van der Waals surface area contributed by atoms with Gasteiger partial charge in [-0.1, -0.05) is 31.1 Å². The van der Waals surface area contributed by atoms with Crippen LogP contribution in [0.4, 0.5) is 5.13 Å². The molecule has 3 aromatic rings. The SMILES string of the molecule is CCCCCc1nnc(NC(=O)c2cc(C3CC3)nc3c2c(=O)[nH]c(=O)n3CC)s1. The van der Waals surface area contributed by atoms with Crippen LogP contribution < -0.4 is 16.6 Å². The van der Waals surface area contributed by atoms with Gasteiger partial charge in [-0.15, -0.1) is 10.2 Å². The molecule has 3 heterocycles. The standard InChI is InChI=1S/C20H24N6O3S/c1-3-5-6-7-14-24-25-19(30-14)22-17(27)12-10-13(11-8-9-11)21-16-15(12)18(28)23-20(29)26(16)4-2/h10-11H,3-9H2,1-2H3,(H,22,25,27)(H,23,28,29). The summed E-state index contributed by atoms with van der Waals surface area (Å²) < 4.78 is 1.39. The van der Waals surface area contributed by atoms with Gasteiger partial charge in [0.15, 0.2) is 5.65 Å². The van der Waals surface area contributed by atoms with Gasteiger partial charge in [-0.2, -0.15) is 0 Å². The zero-order valence-electron chi connectivity index (χ0n) is 17.0. The number of H-pyrrole nitrogens is 1. The third-order valence-electron chi connectivity index (χ3n) is 5.21. The van der Waals surface area contributed by atoms with Crippen molar-refractivity contribution in [2.75, 3.05) is 5.32 Å². The number of aryl methyl sites for hydroxylation is 2. The second-order valence-corrected chi connectivity index (χ2v) is 8.55. The van der Waals surface area contributed by atoms with Gasteiger partial charge in [-0.25, -0.2) is 9.78 Å². The average molecular weight is 429 g/mol. The summed E-state index contributed by atoms with van der Waals surface area (Å²) in [5, 5.41) is 12.3. The topological polar surface area (TPSA) is 123 Å². The Labute approximate surface area is 176 Å². The molecule has 4 rings (SSSR count). The molecular formula is C20H24N6O3S. The molecule has 0 aliphatic heterocycles. The molecule has 30 heavy (non-hydrogen) atoms. The smallest absolute Gasteiger partial charge is 0.296 e. The summed E-state index contributed by atoms with van der Waals surface area (Å²) in [7, 11) is 0. The van der Waals surface area contributed by atoms with E-state index in [2.05, 4.69) is 32.4 Å². The van der Waals surface area contributed by atoms with Gasteiger partial charge < -0.3 is 0 Å². The van der Waals surface area contributed by atoms with E-state index in [0.717, 1.165) is 49.2 Å². The lowest BCUT2D eigenvalue weighted by molar-refractivity contribution is 0.102. The molecule has 158 valence electrons. The maximum atomic E-state index is 13.1. The van der Waals surface area contributed by atoms with Crippen molar-refractivity contribution in [3.05, 3.63) is 43.2 Å². The molecule has 0 aromatic carbocycles. The van der Waals surface area contributed by atoms with Gasteiger partial charge in [0.25, 0.3) is 11.5 Å². The summed E-state index contributed by atoms with van der Waals surface area (Å²) in [6.07, 6.45) is 6.07. The Morgan fingerprint density at radius 2 is 2.07 bits per heavy atom. The fourth-order valence-electron chi connectivity index (χ4n) is 3.45. The van der Waals surface area contributed by atoms with Crippen molar-refractivity contribution in [3.63, 3.8) is 0 Å². The molecule has 0 radical (unpaired) electrons. The second-order valence-electron chi connectivity index (χ2n) is 7.48. The number of nitrogens with one attached hydrogen (secondary N) is 2. The molecule has 1 fully saturated rings. The lowest BCUT2D eigenvalue weighted by Gasteiger charge is -2.11. The van der Waals surface area contributed by atoms with Crippen LogP contribution >= 0.6 is 11.3 Å². The number of hydrogen-bond donors (Lipinski definition) is 2. The van der Waals surface area contributed by atoms with Crippen LogP contribution in [-0.2, 0) is 13.0 Å². The van der Waals surface area contributed by atoms with E-state index in [0.29, 0.717) is 11.7 Å². The van der Waals surface area contributed by atoms with Gasteiger partial charge in [0.2, 0.25) is 5.13 Å². The first kappa shape index (κ1) is 20.4. The molecule has 0 unspecified atom stereocenters. The highest BCUT2D eigenvalue weighted by Gasteiger charge is 2.29. The third kappa shape index (κ3) is 4.04. The maximum absolute atomic E-state index is 13.1. The Morgan fingerprint density at radius 1 is 1.27 bits per heavy atom. The Hall–Kier alpha value is -2.88. The molecule has 0 spiro atoms. The van der Waals surface area contributed by atoms with Crippen molar-refractivity contribution in [1.29, 1.82) is 0 Å². The first-order valence-electron chi connectivity index (χ1n) is 10.3. The Morgan fingerprint density at radius 3 is 2.77 bits per heavy atom. The van der Waals surface area contributed by atoms with E-state index >= 15 is 0 Å². The normalized spacial score (nSPS) is 13.7. The number of unbranched alkanes of at least 4 members (excludes halogenated alkanes) is 2. The van der Waals surface area contributed by atoms with Crippen molar-refractivity contribution < 1.29 is 4.79 Å². The maximum Gasteiger partial charge on any atom is 0.329 e. The molecule has 0 saturated heterocycles. The van der Waals surface area contributed by atoms with Gasteiger partial charge in [-0.3, -0.25) is 24.5 Å². The number of nitrogens with zero attached hydrogens (tertiary/aromatic N) is 4. The number of fused-ring (bicyclic) bond motifs is 1. The van der Waals surface area contributed by atoms with Crippen LogP contribution in [0, 0.1) is 0 Å². The number of carbonyl (C=O) groups is 1. The summed E-state index contributed by atoms with van der Waals surface area (Å²) in [5.74, 6) is -0.195. The van der Waals surface area contributed by atoms with E-state index in [1.165, 1.54) is 15.9 Å². The summed E-state index contributed by atoms with van der Waals surface area (Å²) in [5.41, 5.74) is 0.0450. The number of aromatic nitrogens is 5. The van der Waals surface area contributed by atoms with Crippen LogP contribution in [0.3, 0.4) is 0 Å². The number of pyridine rings is 1. The zero-order chi connectivity index (χ0) is 21.3. The van der Waals surface area contributed by atoms with E-state index in [9.17, 15) is 14.4 Å². The first-order chi connectivity index (χ1) is 14.5.